The number of halogens is 2. The number of rotatable bonds is 4. The second kappa shape index (κ2) is 9.76. The van der Waals surface area contributed by atoms with Crippen molar-refractivity contribution in [3.05, 3.63) is 86.8 Å². The normalized spacial score (nSPS) is 20.5. The van der Waals surface area contributed by atoms with Gasteiger partial charge in [-0.05, 0) is 36.2 Å². The minimum atomic E-state index is -0.364. The zero-order valence-electron chi connectivity index (χ0n) is 18.3. The number of amides is 1. The van der Waals surface area contributed by atoms with Crippen molar-refractivity contribution in [1.29, 1.82) is 0 Å². The molecule has 2 fully saturated rings. The first kappa shape index (κ1) is 22.9. The number of carbonyl (C=O) groups is 1. The van der Waals surface area contributed by atoms with Crippen LogP contribution in [0.2, 0.25) is 10.0 Å². The van der Waals surface area contributed by atoms with Gasteiger partial charge in [0.1, 0.15) is 11.1 Å². The molecular weight excluding hydrogens is 475 g/mol. The van der Waals surface area contributed by atoms with Gasteiger partial charge in [-0.3, -0.25) is 9.59 Å². The maximum Gasteiger partial charge on any atom is 0.292 e. The summed E-state index contributed by atoms with van der Waals surface area (Å²) in [5.41, 5.74) is 8.27. The predicted octanol–water partition coefficient (Wildman–Crippen LogP) is 2.80. The smallest absolute Gasteiger partial charge is 0.292 e. The van der Waals surface area contributed by atoms with Gasteiger partial charge < -0.3 is 9.80 Å². The molecule has 2 aliphatic heterocycles. The summed E-state index contributed by atoms with van der Waals surface area (Å²) in [4.78, 5) is 29.8. The lowest BCUT2D eigenvalue weighted by Gasteiger charge is -2.37. The molecule has 2 atom stereocenters. The average Bonchev–Trinajstić information content (AvgIpc) is 3.36. The molecule has 2 aliphatic rings. The number of nitrogens with one attached hydrogen (secondary N) is 2. The van der Waals surface area contributed by atoms with Crippen molar-refractivity contribution in [3.63, 3.8) is 0 Å². The minimum absolute atomic E-state index is 0.0231. The fourth-order valence-electron chi connectivity index (χ4n) is 4.45. The number of carbonyl (C=O) groups excluding carboxylic acids is 1. The van der Waals surface area contributed by atoms with Crippen LogP contribution in [-0.2, 0) is 4.79 Å². The van der Waals surface area contributed by atoms with E-state index in [1.54, 1.807) is 18.3 Å². The molecule has 1 aromatic heterocycles. The summed E-state index contributed by atoms with van der Waals surface area (Å²) in [6.07, 6.45) is 2.26. The van der Waals surface area contributed by atoms with E-state index in [4.69, 9.17) is 23.2 Å². The highest BCUT2D eigenvalue weighted by molar-refractivity contribution is 6.33. The Hall–Kier alpha value is -2.91. The van der Waals surface area contributed by atoms with Gasteiger partial charge in [0.2, 0.25) is 5.91 Å². The Morgan fingerprint density at radius 1 is 0.971 bits per heavy atom. The third kappa shape index (κ3) is 4.54. The number of benzene rings is 2. The van der Waals surface area contributed by atoms with Crippen molar-refractivity contribution in [2.24, 2.45) is 0 Å². The van der Waals surface area contributed by atoms with Gasteiger partial charge in [-0.15, -0.1) is 0 Å². The van der Waals surface area contributed by atoms with Gasteiger partial charge in [-0.25, -0.2) is 10.9 Å². The topological polar surface area (TPSA) is 82.5 Å². The van der Waals surface area contributed by atoms with E-state index in [0.717, 1.165) is 5.56 Å². The molecule has 3 heterocycles. The molecule has 3 aromatic rings. The molecule has 0 radical (unpaired) electrons. The summed E-state index contributed by atoms with van der Waals surface area (Å²) in [5.74, 6) is 0.0559. The zero-order valence-corrected chi connectivity index (χ0v) is 19.8. The van der Waals surface area contributed by atoms with Crippen LogP contribution in [0.25, 0.3) is 5.69 Å². The monoisotopic (exact) mass is 498 g/mol. The molecule has 0 saturated carbocycles. The van der Waals surface area contributed by atoms with Crippen molar-refractivity contribution in [1.82, 2.24) is 25.5 Å². The number of para-hydroxylation sites is 1. The summed E-state index contributed by atoms with van der Waals surface area (Å²) in [6, 6.07) is 16.5. The number of hydrazine groups is 1. The van der Waals surface area contributed by atoms with Crippen LogP contribution in [-0.4, -0.2) is 52.8 Å². The highest BCUT2D eigenvalue weighted by Crippen LogP contribution is 2.27. The number of nitrogens with zero attached hydrogens (tertiary/aromatic N) is 4. The molecule has 2 unspecified atom stereocenters. The fourth-order valence-corrected chi connectivity index (χ4v) is 4.89. The maximum absolute atomic E-state index is 13.1. The van der Waals surface area contributed by atoms with E-state index >= 15 is 0 Å². The van der Waals surface area contributed by atoms with Gasteiger partial charge in [0.05, 0.1) is 17.6 Å². The van der Waals surface area contributed by atoms with Crippen LogP contribution in [0.1, 0.15) is 18.0 Å². The SMILES string of the molecule is O=C(C1CC(c2cccc(Cl)c2)NN1)N1CCN(c2cnn(-c3ccccc3)c(=O)c2Cl)CC1. The minimum Gasteiger partial charge on any atom is -0.365 e. The largest absolute Gasteiger partial charge is 0.365 e. The summed E-state index contributed by atoms with van der Waals surface area (Å²) >= 11 is 12.6. The van der Waals surface area contributed by atoms with Crippen LogP contribution in [0, 0.1) is 0 Å². The number of hydrogen-bond acceptors (Lipinski definition) is 6. The molecule has 34 heavy (non-hydrogen) atoms. The molecule has 2 saturated heterocycles. The van der Waals surface area contributed by atoms with E-state index < -0.39 is 0 Å². The fraction of sp³-hybridized carbons (Fsp3) is 0.292. The van der Waals surface area contributed by atoms with Crippen molar-refractivity contribution >= 4 is 34.8 Å². The van der Waals surface area contributed by atoms with E-state index in [0.29, 0.717) is 49.0 Å². The van der Waals surface area contributed by atoms with Crippen LogP contribution in [0.5, 0.6) is 0 Å². The molecule has 2 N–H and O–H groups in total. The standard InChI is InChI=1S/C24H24Cl2N6O2/c25-17-6-4-5-16(13-17)19-14-20(29-28-19)23(33)31-11-9-30(10-12-31)21-15-27-32(24(34)22(21)26)18-7-2-1-3-8-18/h1-8,13,15,19-20,28-29H,9-12,14H2. The molecule has 8 nitrogen and oxygen atoms in total. The van der Waals surface area contributed by atoms with Crippen LogP contribution < -0.4 is 21.3 Å². The summed E-state index contributed by atoms with van der Waals surface area (Å²) in [5, 5.41) is 5.12. The van der Waals surface area contributed by atoms with Gasteiger partial charge in [0.15, 0.2) is 0 Å². The predicted molar refractivity (Wildman–Crippen MR) is 133 cm³/mol. The Kier molecular flexibility index (Phi) is 6.56. The molecular formula is C24H24Cl2N6O2. The number of anilines is 1. The van der Waals surface area contributed by atoms with Gasteiger partial charge in [-0.2, -0.15) is 9.78 Å². The van der Waals surface area contributed by atoms with Crippen molar-refractivity contribution in [2.45, 2.75) is 18.5 Å². The van der Waals surface area contributed by atoms with E-state index in [1.807, 2.05) is 52.3 Å². The number of piperazine rings is 1. The summed E-state index contributed by atoms with van der Waals surface area (Å²) in [6.45, 7) is 2.22. The molecule has 5 rings (SSSR count). The molecule has 0 aliphatic carbocycles. The second-order valence-corrected chi connectivity index (χ2v) is 9.21. The molecule has 1 amide bonds. The van der Waals surface area contributed by atoms with Crippen molar-refractivity contribution in [2.75, 3.05) is 31.1 Å². The molecule has 10 heteroatoms. The lowest BCUT2D eigenvalue weighted by molar-refractivity contribution is -0.133. The van der Waals surface area contributed by atoms with E-state index in [1.165, 1.54) is 4.68 Å². The zero-order chi connectivity index (χ0) is 23.7. The van der Waals surface area contributed by atoms with E-state index in [2.05, 4.69) is 16.0 Å². The summed E-state index contributed by atoms with van der Waals surface area (Å²) in [7, 11) is 0. The van der Waals surface area contributed by atoms with Crippen LogP contribution in [0.3, 0.4) is 0 Å². The van der Waals surface area contributed by atoms with Crippen LogP contribution in [0.4, 0.5) is 5.69 Å². The quantitative estimate of drug-likeness (QED) is 0.575. The Morgan fingerprint density at radius 2 is 1.74 bits per heavy atom. The van der Waals surface area contributed by atoms with Gasteiger partial charge in [0, 0.05) is 37.2 Å². The third-order valence-electron chi connectivity index (χ3n) is 6.29. The van der Waals surface area contributed by atoms with Crippen LogP contribution in [0.15, 0.2) is 65.6 Å². The van der Waals surface area contributed by atoms with Crippen molar-refractivity contribution in [3.8, 4) is 5.69 Å². The van der Waals surface area contributed by atoms with E-state index in [9.17, 15) is 9.59 Å². The van der Waals surface area contributed by atoms with Gasteiger partial charge >= 0.3 is 0 Å². The molecule has 0 spiro atoms. The molecule has 0 bridgehead atoms. The Balaban J connectivity index is 1.22. The van der Waals surface area contributed by atoms with Gasteiger partial charge in [-0.1, -0.05) is 53.5 Å². The lowest BCUT2D eigenvalue weighted by atomic mass is 10.0. The van der Waals surface area contributed by atoms with Crippen LogP contribution >= 0.6 is 23.2 Å². The number of hydrogen-bond donors (Lipinski definition) is 2. The first-order valence-corrected chi connectivity index (χ1v) is 11.9. The maximum atomic E-state index is 13.1. The Labute approximate surface area is 207 Å². The first-order chi connectivity index (χ1) is 16.5. The third-order valence-corrected chi connectivity index (χ3v) is 6.88. The number of aromatic nitrogens is 2. The van der Waals surface area contributed by atoms with Gasteiger partial charge in [0.25, 0.3) is 5.56 Å². The van der Waals surface area contributed by atoms with Crippen molar-refractivity contribution < 1.29 is 4.79 Å². The average molecular weight is 499 g/mol. The van der Waals surface area contributed by atoms with E-state index in [-0.39, 0.29) is 28.6 Å². The highest BCUT2D eigenvalue weighted by Gasteiger charge is 2.34. The first-order valence-electron chi connectivity index (χ1n) is 11.1. The Bertz CT molecular complexity index is 1240. The lowest BCUT2D eigenvalue weighted by Crippen LogP contribution is -2.54. The second-order valence-electron chi connectivity index (χ2n) is 8.39. The Morgan fingerprint density at radius 3 is 2.47 bits per heavy atom. The molecule has 176 valence electrons. The highest BCUT2D eigenvalue weighted by atomic mass is 35.5. The summed E-state index contributed by atoms with van der Waals surface area (Å²) < 4.78 is 1.29. The molecule has 2 aromatic carbocycles.